The van der Waals surface area contributed by atoms with Crippen LogP contribution in [0.3, 0.4) is 0 Å². The molecule has 4 heterocycles. The zero-order valence-electron chi connectivity index (χ0n) is 25.2. The number of carbonyl (C=O) groups is 1. The fraction of sp³-hybridized carbons (Fsp3) is 0.455. The van der Waals surface area contributed by atoms with E-state index >= 15 is 0 Å². The fourth-order valence-corrected chi connectivity index (χ4v) is 6.69. The molecule has 2 N–H and O–H groups in total. The number of nitriles is 1. The first-order valence-electron chi connectivity index (χ1n) is 15.4. The van der Waals surface area contributed by atoms with E-state index in [0.717, 1.165) is 74.9 Å². The van der Waals surface area contributed by atoms with Crippen molar-refractivity contribution in [2.45, 2.75) is 57.2 Å². The number of nitrogens with zero attached hydrogens (tertiary/aromatic N) is 5. The Morgan fingerprint density at radius 3 is 2.58 bits per heavy atom. The van der Waals surface area contributed by atoms with Gasteiger partial charge in [0, 0.05) is 48.7 Å². The number of aryl methyl sites for hydroxylation is 2. The molecule has 45 heavy (non-hydrogen) atoms. The third-order valence-corrected chi connectivity index (χ3v) is 9.18. The first kappa shape index (κ1) is 30.6. The van der Waals surface area contributed by atoms with Gasteiger partial charge in [-0.1, -0.05) is 12.1 Å². The van der Waals surface area contributed by atoms with Gasteiger partial charge < -0.3 is 25.2 Å². The molecule has 9 nitrogen and oxygen atoms in total. The van der Waals surface area contributed by atoms with Crippen molar-refractivity contribution in [2.75, 3.05) is 48.8 Å². The van der Waals surface area contributed by atoms with E-state index in [1.807, 2.05) is 24.3 Å². The average Bonchev–Trinajstić information content (AvgIpc) is 3.44. The quantitative estimate of drug-likeness (QED) is 0.329. The molecule has 6 rings (SSSR count). The van der Waals surface area contributed by atoms with Gasteiger partial charge in [0.1, 0.15) is 5.75 Å². The second-order valence-corrected chi connectivity index (χ2v) is 11.9. The van der Waals surface area contributed by atoms with E-state index in [-0.39, 0.29) is 36.3 Å². The lowest BCUT2D eigenvalue weighted by Crippen LogP contribution is -2.47. The van der Waals surface area contributed by atoms with Crippen LogP contribution in [0.2, 0.25) is 0 Å². The maximum atomic E-state index is 13.9. The van der Waals surface area contributed by atoms with Gasteiger partial charge in [0.05, 0.1) is 36.5 Å². The van der Waals surface area contributed by atoms with Gasteiger partial charge in [-0.25, -0.2) is 9.97 Å². The van der Waals surface area contributed by atoms with Crippen molar-refractivity contribution in [1.82, 2.24) is 14.9 Å². The summed E-state index contributed by atoms with van der Waals surface area (Å²) in [6, 6.07) is 14.1. The molecule has 3 aliphatic heterocycles. The second kappa shape index (κ2) is 12.9. The van der Waals surface area contributed by atoms with E-state index in [4.69, 9.17) is 4.74 Å². The molecule has 1 amide bonds. The van der Waals surface area contributed by atoms with Crippen LogP contribution < -0.4 is 20.3 Å². The number of piperidine rings is 2. The highest BCUT2D eigenvalue weighted by Crippen LogP contribution is 2.36. The number of methoxy groups -OCH3 is 1. The Morgan fingerprint density at radius 1 is 1.09 bits per heavy atom. The van der Waals surface area contributed by atoms with Gasteiger partial charge in [-0.15, -0.1) is 0 Å². The minimum atomic E-state index is -4.61. The Bertz CT molecular complexity index is 1590. The number of likely N-dealkylation sites (tertiary alicyclic amines) is 1. The number of hydrogen-bond acceptors (Lipinski definition) is 8. The molecule has 0 radical (unpaired) electrons. The third-order valence-electron chi connectivity index (χ3n) is 9.18. The van der Waals surface area contributed by atoms with E-state index in [2.05, 4.69) is 36.5 Å². The number of hydrogen-bond donors (Lipinski definition) is 2. The van der Waals surface area contributed by atoms with E-state index in [1.165, 1.54) is 0 Å². The number of benzene rings is 2. The molecule has 3 aliphatic rings. The summed E-state index contributed by atoms with van der Waals surface area (Å²) in [5, 5.41) is 15.0. The van der Waals surface area contributed by atoms with Gasteiger partial charge >= 0.3 is 6.18 Å². The van der Waals surface area contributed by atoms with E-state index in [9.17, 15) is 23.2 Å². The first-order valence-corrected chi connectivity index (χ1v) is 15.4. The summed E-state index contributed by atoms with van der Waals surface area (Å²) in [6.07, 6.45) is 0.722. The highest BCUT2D eigenvalue weighted by Gasteiger charge is 2.35. The Kier molecular flexibility index (Phi) is 8.81. The average molecular weight is 620 g/mol. The molecule has 1 aromatic heterocycles. The van der Waals surface area contributed by atoms with Gasteiger partial charge in [-0.05, 0) is 80.9 Å². The van der Waals surface area contributed by atoms with Crippen molar-refractivity contribution in [1.29, 1.82) is 5.26 Å². The van der Waals surface area contributed by atoms with Crippen molar-refractivity contribution in [3.05, 3.63) is 65.0 Å². The summed E-state index contributed by atoms with van der Waals surface area (Å²) in [7, 11) is 1.55. The summed E-state index contributed by atoms with van der Waals surface area (Å²) in [4.78, 5) is 25.0. The smallest absolute Gasteiger partial charge is 0.419 e. The summed E-state index contributed by atoms with van der Waals surface area (Å²) >= 11 is 0. The number of halogens is 3. The van der Waals surface area contributed by atoms with Gasteiger partial charge in [-0.3, -0.25) is 4.79 Å². The molecule has 0 bridgehead atoms. The van der Waals surface area contributed by atoms with Crippen LogP contribution in [0.1, 0.15) is 48.1 Å². The van der Waals surface area contributed by atoms with E-state index in [1.54, 1.807) is 19.2 Å². The maximum absolute atomic E-state index is 13.9. The molecule has 12 heteroatoms. The van der Waals surface area contributed by atoms with E-state index in [0.29, 0.717) is 29.6 Å². The van der Waals surface area contributed by atoms with Crippen LogP contribution in [-0.2, 0) is 30.2 Å². The van der Waals surface area contributed by atoms with Crippen molar-refractivity contribution in [2.24, 2.45) is 5.92 Å². The third kappa shape index (κ3) is 6.83. The number of anilines is 4. The number of ether oxygens (including phenoxy) is 1. The monoisotopic (exact) mass is 619 g/mol. The molecular formula is C33H36F3N7O2. The number of amides is 1. The van der Waals surface area contributed by atoms with Gasteiger partial charge in [0.25, 0.3) is 0 Å². The predicted octanol–water partition coefficient (Wildman–Crippen LogP) is 5.73. The molecule has 236 valence electrons. The Hall–Kier alpha value is -4.37. The topological polar surface area (TPSA) is 106 Å². The lowest BCUT2D eigenvalue weighted by Gasteiger charge is -2.41. The van der Waals surface area contributed by atoms with Crippen LogP contribution in [0.15, 0.2) is 42.6 Å². The van der Waals surface area contributed by atoms with Gasteiger partial charge in [-0.2, -0.15) is 18.4 Å². The van der Waals surface area contributed by atoms with Crippen molar-refractivity contribution in [3.63, 3.8) is 0 Å². The largest absolute Gasteiger partial charge is 0.494 e. The standard InChI is InChI=1S/C33H36F3N7O2/c1-45-30-17-24(43-15-11-23(12-16-43)42-13-9-21(19-37)10-14-42)6-8-29(30)41-32-38-20-26(33(34,35)36)28(40-32)7-5-22-3-2-4-27-25(22)18-31(44)39-27/h2-4,6,8,17,20-21,23H,5,7,9-16,18H2,1H3,(H,39,44)(H,38,40,41). The number of alkyl halides is 3. The zero-order chi connectivity index (χ0) is 31.6. The molecule has 0 aliphatic carbocycles. The van der Waals surface area contributed by atoms with Crippen LogP contribution in [0.5, 0.6) is 5.75 Å². The second-order valence-electron chi connectivity index (χ2n) is 11.9. The molecule has 0 atom stereocenters. The SMILES string of the molecule is COc1cc(N2CCC(N3CCC(C#N)CC3)CC2)ccc1Nc1ncc(C(F)(F)F)c(CCc2cccc3c2CC(=O)N3)n1. The molecule has 0 unspecified atom stereocenters. The summed E-state index contributed by atoms with van der Waals surface area (Å²) < 4.78 is 47.4. The maximum Gasteiger partial charge on any atom is 0.419 e. The van der Waals surface area contributed by atoms with Crippen molar-refractivity contribution < 1.29 is 22.7 Å². The number of aromatic nitrogens is 2. The van der Waals surface area contributed by atoms with Crippen LogP contribution in [0.4, 0.5) is 36.2 Å². The number of nitrogens with one attached hydrogen (secondary N) is 2. The molecule has 0 saturated carbocycles. The fourth-order valence-electron chi connectivity index (χ4n) is 6.69. The molecule has 0 spiro atoms. The van der Waals surface area contributed by atoms with Crippen LogP contribution in [0, 0.1) is 17.2 Å². The molecule has 2 aromatic carbocycles. The summed E-state index contributed by atoms with van der Waals surface area (Å²) in [5.74, 6) is 0.635. The predicted molar refractivity (Wildman–Crippen MR) is 165 cm³/mol. The molecule has 2 saturated heterocycles. The molecule has 3 aromatic rings. The Balaban J connectivity index is 1.14. The lowest BCUT2D eigenvalue weighted by atomic mass is 9.94. The highest BCUT2D eigenvalue weighted by molar-refractivity contribution is 5.99. The minimum absolute atomic E-state index is 0.0268. The minimum Gasteiger partial charge on any atom is -0.494 e. The zero-order valence-corrected chi connectivity index (χ0v) is 25.2. The lowest BCUT2D eigenvalue weighted by molar-refractivity contribution is -0.138. The van der Waals surface area contributed by atoms with Gasteiger partial charge in [0.2, 0.25) is 11.9 Å². The Labute approximate surface area is 260 Å². The molecular weight excluding hydrogens is 583 g/mol. The van der Waals surface area contributed by atoms with Crippen molar-refractivity contribution in [3.8, 4) is 11.8 Å². The van der Waals surface area contributed by atoms with E-state index < -0.39 is 11.7 Å². The highest BCUT2D eigenvalue weighted by atomic mass is 19.4. The van der Waals surface area contributed by atoms with Crippen LogP contribution in [0.25, 0.3) is 0 Å². The summed E-state index contributed by atoms with van der Waals surface area (Å²) in [5.41, 5.74) is 2.90. The molecule has 2 fully saturated rings. The van der Waals surface area contributed by atoms with Gasteiger partial charge in [0.15, 0.2) is 0 Å². The summed E-state index contributed by atoms with van der Waals surface area (Å²) in [6.45, 7) is 3.77. The van der Waals surface area contributed by atoms with Crippen LogP contribution in [-0.4, -0.2) is 60.1 Å². The number of fused-ring (bicyclic) bond motifs is 1. The Morgan fingerprint density at radius 2 is 1.87 bits per heavy atom. The first-order chi connectivity index (χ1) is 21.7. The number of carbonyl (C=O) groups excluding carboxylic acids is 1. The van der Waals surface area contributed by atoms with Crippen molar-refractivity contribution >= 4 is 28.9 Å². The number of rotatable bonds is 8. The van der Waals surface area contributed by atoms with Crippen LogP contribution >= 0.6 is 0 Å². The normalized spacial score (nSPS) is 17.9.